The summed E-state index contributed by atoms with van der Waals surface area (Å²) in [6, 6.07) is 8.29. The molecule has 0 radical (unpaired) electrons. The largest absolute Gasteiger partial charge is 0.484 e. The molecule has 0 aliphatic heterocycles. The smallest absolute Gasteiger partial charge is 0.258 e. The van der Waals surface area contributed by atoms with E-state index in [1.54, 1.807) is 7.11 Å². The molecule has 2 aliphatic carbocycles. The van der Waals surface area contributed by atoms with Crippen molar-refractivity contribution < 1.29 is 14.3 Å². The predicted molar refractivity (Wildman–Crippen MR) is 119 cm³/mol. The molecular formula is C23H36N4O3. The summed E-state index contributed by atoms with van der Waals surface area (Å²) in [6.07, 6.45) is 7.99. The lowest BCUT2D eigenvalue weighted by Gasteiger charge is -2.42. The zero-order valence-electron chi connectivity index (χ0n) is 18.3. The molecule has 1 amide bonds. The van der Waals surface area contributed by atoms with Gasteiger partial charge in [-0.25, -0.2) is 0 Å². The van der Waals surface area contributed by atoms with Gasteiger partial charge in [-0.3, -0.25) is 9.79 Å². The number of hydrogen-bond donors (Lipinski definition) is 3. The number of guanidine groups is 1. The molecule has 1 aromatic rings. The van der Waals surface area contributed by atoms with Crippen LogP contribution in [0.2, 0.25) is 0 Å². The fourth-order valence-corrected chi connectivity index (χ4v) is 3.73. The lowest BCUT2D eigenvalue weighted by atomic mass is 9.67. The highest BCUT2D eigenvalue weighted by Crippen LogP contribution is 2.43. The SMILES string of the molecule is CN=C(NCCc1ccc(OCC(=O)NC2CC2)cc1)NCC1(CCOC)CCC1. The van der Waals surface area contributed by atoms with Gasteiger partial charge in [-0.1, -0.05) is 18.6 Å². The number of carbonyl (C=O) groups excluding carboxylic acids is 1. The van der Waals surface area contributed by atoms with Crippen molar-refractivity contribution in [3.05, 3.63) is 29.8 Å². The molecule has 7 nitrogen and oxygen atoms in total. The van der Waals surface area contributed by atoms with Crippen molar-refractivity contribution >= 4 is 11.9 Å². The van der Waals surface area contributed by atoms with E-state index in [4.69, 9.17) is 9.47 Å². The van der Waals surface area contributed by atoms with Gasteiger partial charge in [0, 0.05) is 39.9 Å². The molecule has 1 aromatic carbocycles. The van der Waals surface area contributed by atoms with Crippen LogP contribution in [0.4, 0.5) is 0 Å². The van der Waals surface area contributed by atoms with E-state index in [0.29, 0.717) is 11.5 Å². The maximum atomic E-state index is 11.7. The van der Waals surface area contributed by atoms with E-state index in [9.17, 15) is 4.79 Å². The minimum atomic E-state index is -0.0458. The van der Waals surface area contributed by atoms with Crippen LogP contribution in [0, 0.1) is 5.41 Å². The number of ether oxygens (including phenoxy) is 2. The predicted octanol–water partition coefficient (Wildman–Crippen LogP) is 2.26. The molecule has 2 saturated carbocycles. The Kier molecular flexibility index (Phi) is 8.37. The number of nitrogens with zero attached hydrogens (tertiary/aromatic N) is 1. The van der Waals surface area contributed by atoms with Crippen LogP contribution in [0.1, 0.15) is 44.1 Å². The lowest BCUT2D eigenvalue weighted by Crippen LogP contribution is -2.47. The standard InChI is InChI=1S/C23H36N4O3/c1-24-22(26-17-23(11-3-12-23)13-15-29-2)25-14-10-18-4-8-20(9-5-18)30-16-21(28)27-19-6-7-19/h4-5,8-9,19H,3,6-7,10-17H2,1-2H3,(H,27,28)(H2,24,25,26). The third kappa shape index (κ3) is 7.20. The molecule has 3 rings (SSSR count). The van der Waals surface area contributed by atoms with Crippen molar-refractivity contribution in [3.63, 3.8) is 0 Å². The summed E-state index contributed by atoms with van der Waals surface area (Å²) in [5.74, 6) is 1.52. The highest BCUT2D eigenvalue weighted by molar-refractivity contribution is 5.79. The van der Waals surface area contributed by atoms with Crippen LogP contribution in [-0.2, 0) is 16.0 Å². The van der Waals surface area contributed by atoms with Crippen LogP contribution in [0.25, 0.3) is 0 Å². The topological polar surface area (TPSA) is 84.0 Å². The van der Waals surface area contributed by atoms with E-state index in [1.807, 2.05) is 31.3 Å². The third-order valence-electron chi connectivity index (χ3n) is 6.05. The third-order valence-corrected chi connectivity index (χ3v) is 6.05. The molecule has 0 atom stereocenters. The number of methoxy groups -OCH3 is 1. The van der Waals surface area contributed by atoms with Crippen LogP contribution in [0.5, 0.6) is 5.75 Å². The van der Waals surface area contributed by atoms with Crippen molar-refractivity contribution in [2.75, 3.05) is 40.5 Å². The quantitative estimate of drug-likeness (QED) is 0.360. The van der Waals surface area contributed by atoms with E-state index in [1.165, 1.54) is 24.8 Å². The fraction of sp³-hybridized carbons (Fsp3) is 0.652. The van der Waals surface area contributed by atoms with Crippen LogP contribution in [0.3, 0.4) is 0 Å². The molecular weight excluding hydrogens is 380 g/mol. The van der Waals surface area contributed by atoms with Crippen molar-refractivity contribution in [2.45, 2.75) is 51.0 Å². The van der Waals surface area contributed by atoms with Crippen LogP contribution >= 0.6 is 0 Å². The Morgan fingerprint density at radius 3 is 2.57 bits per heavy atom. The second kappa shape index (κ2) is 11.2. The highest BCUT2D eigenvalue weighted by Gasteiger charge is 2.36. The normalized spacial score (nSPS) is 17.7. The maximum Gasteiger partial charge on any atom is 0.258 e. The van der Waals surface area contributed by atoms with Crippen molar-refractivity contribution in [3.8, 4) is 5.75 Å². The van der Waals surface area contributed by atoms with E-state index in [-0.39, 0.29) is 12.5 Å². The van der Waals surface area contributed by atoms with Crippen LogP contribution in [-0.4, -0.2) is 58.4 Å². The summed E-state index contributed by atoms with van der Waals surface area (Å²) in [6.45, 7) is 2.63. The number of aliphatic imine (C=N–C) groups is 1. The van der Waals surface area contributed by atoms with Gasteiger partial charge in [-0.2, -0.15) is 0 Å². The Hall–Kier alpha value is -2.28. The number of rotatable bonds is 12. The van der Waals surface area contributed by atoms with Crippen molar-refractivity contribution in [2.24, 2.45) is 10.4 Å². The summed E-state index contributed by atoms with van der Waals surface area (Å²) in [4.78, 5) is 16.0. The van der Waals surface area contributed by atoms with Gasteiger partial charge >= 0.3 is 0 Å². The van der Waals surface area contributed by atoms with E-state index >= 15 is 0 Å². The van der Waals surface area contributed by atoms with Gasteiger partial charge in [0.25, 0.3) is 5.91 Å². The van der Waals surface area contributed by atoms with E-state index in [2.05, 4.69) is 20.9 Å². The summed E-state index contributed by atoms with van der Waals surface area (Å²) in [7, 11) is 3.58. The molecule has 0 unspecified atom stereocenters. The summed E-state index contributed by atoms with van der Waals surface area (Å²) in [5.41, 5.74) is 1.57. The van der Waals surface area contributed by atoms with Gasteiger partial charge in [-0.15, -0.1) is 0 Å². The molecule has 0 saturated heterocycles. The summed E-state index contributed by atoms with van der Waals surface area (Å²) in [5, 5.41) is 9.80. The van der Waals surface area contributed by atoms with Gasteiger partial charge in [-0.05, 0) is 61.6 Å². The maximum absolute atomic E-state index is 11.7. The van der Waals surface area contributed by atoms with Gasteiger partial charge in [0.15, 0.2) is 12.6 Å². The first-order valence-electron chi connectivity index (χ1n) is 11.1. The molecule has 2 fully saturated rings. The molecule has 3 N–H and O–H groups in total. The monoisotopic (exact) mass is 416 g/mol. The second-order valence-electron chi connectivity index (χ2n) is 8.47. The molecule has 0 heterocycles. The van der Waals surface area contributed by atoms with Crippen molar-refractivity contribution in [1.29, 1.82) is 0 Å². The second-order valence-corrected chi connectivity index (χ2v) is 8.47. The molecule has 0 aromatic heterocycles. The number of benzene rings is 1. The minimum absolute atomic E-state index is 0.0458. The van der Waals surface area contributed by atoms with Crippen LogP contribution in [0.15, 0.2) is 29.3 Å². The Labute approximate surface area is 180 Å². The first-order valence-corrected chi connectivity index (χ1v) is 11.1. The number of hydrogen-bond acceptors (Lipinski definition) is 4. The van der Waals surface area contributed by atoms with E-state index in [0.717, 1.165) is 57.1 Å². The van der Waals surface area contributed by atoms with Crippen LogP contribution < -0.4 is 20.7 Å². The molecule has 0 bridgehead atoms. The zero-order valence-corrected chi connectivity index (χ0v) is 18.3. The van der Waals surface area contributed by atoms with Gasteiger partial charge in [0.1, 0.15) is 5.75 Å². The fourth-order valence-electron chi connectivity index (χ4n) is 3.73. The molecule has 30 heavy (non-hydrogen) atoms. The number of nitrogens with one attached hydrogen (secondary N) is 3. The van der Waals surface area contributed by atoms with Gasteiger partial charge in [0.05, 0.1) is 0 Å². The van der Waals surface area contributed by atoms with Crippen molar-refractivity contribution in [1.82, 2.24) is 16.0 Å². The molecule has 0 spiro atoms. The molecule has 2 aliphatic rings. The van der Waals surface area contributed by atoms with E-state index < -0.39 is 0 Å². The zero-order chi connectivity index (χ0) is 21.2. The molecule has 7 heteroatoms. The summed E-state index contributed by atoms with van der Waals surface area (Å²) < 4.78 is 10.8. The summed E-state index contributed by atoms with van der Waals surface area (Å²) >= 11 is 0. The van der Waals surface area contributed by atoms with Gasteiger partial charge < -0.3 is 25.4 Å². The average molecular weight is 417 g/mol. The number of amides is 1. The Balaban J connectivity index is 1.33. The Morgan fingerprint density at radius 1 is 1.20 bits per heavy atom. The number of carbonyl (C=O) groups is 1. The average Bonchev–Trinajstić information content (AvgIpc) is 3.54. The lowest BCUT2D eigenvalue weighted by molar-refractivity contribution is -0.123. The first-order chi connectivity index (χ1) is 14.6. The molecule has 166 valence electrons. The van der Waals surface area contributed by atoms with Gasteiger partial charge in [0.2, 0.25) is 0 Å². The Morgan fingerprint density at radius 2 is 1.97 bits per heavy atom. The Bertz CT molecular complexity index is 697. The first kappa shape index (κ1) is 22.4. The minimum Gasteiger partial charge on any atom is -0.484 e. The highest BCUT2D eigenvalue weighted by atomic mass is 16.5.